The summed E-state index contributed by atoms with van der Waals surface area (Å²) in [5.74, 6) is 1.80. The third kappa shape index (κ3) is 8.01. The molecular formula is C56H46N4OPt-2. The molecule has 0 atom stereocenters. The molecule has 10 rings (SSSR count). The van der Waals surface area contributed by atoms with E-state index in [1.807, 2.05) is 76.0 Å². The van der Waals surface area contributed by atoms with Gasteiger partial charge in [-0.1, -0.05) is 153 Å². The molecular weight excluding hydrogens is 940 g/mol. The molecule has 5 nitrogen and oxygen atoms in total. The van der Waals surface area contributed by atoms with Gasteiger partial charge in [-0.05, 0) is 81.6 Å². The maximum Gasteiger partial charge on any atom is 0.242 e. The predicted octanol–water partition coefficient (Wildman–Crippen LogP) is 13.3. The first-order valence-electron chi connectivity index (χ1n) is 25.4. The van der Waals surface area contributed by atoms with Gasteiger partial charge < -0.3 is 18.4 Å². The summed E-state index contributed by atoms with van der Waals surface area (Å²) in [5, 5.41) is 2.11. The Morgan fingerprint density at radius 3 is 2.10 bits per heavy atom. The van der Waals surface area contributed by atoms with Gasteiger partial charge in [-0.2, -0.15) is 18.2 Å². The van der Waals surface area contributed by atoms with Gasteiger partial charge in [-0.15, -0.1) is 29.7 Å². The minimum atomic E-state index is -0.524. The molecule has 6 heteroatoms. The molecule has 0 fully saturated rings. The zero-order valence-corrected chi connectivity index (χ0v) is 36.6. The molecule has 0 amide bonds. The van der Waals surface area contributed by atoms with Gasteiger partial charge in [0.05, 0.1) is 31.3 Å². The summed E-state index contributed by atoms with van der Waals surface area (Å²) in [7, 11) is 0. The standard InChI is InChI=1S/C56H46N4O.Pt/c1-56(2,3)42-33-34-57-55(36-42)60-51-28-11-10-25-49(51)50-32-31-45(38-54(50)60)61-44-23-16-22-43(37-44)59-39-58(52-29-12-13-30-53(52)59)35-15-14-24-48-46(40-18-6-4-7-19-40)26-17-27-47(48)41-20-8-5-9-21-41;/h4-13,16-23,25-34,36H,14-15,24,35H2,1-3H3;/q-2;/i4D,5D,6D,7D,8D,9D,18D,19D,20D,21D;. The number of unbranched alkanes of at least 4 members (excludes halogenated alkanes) is 1. The van der Waals surface area contributed by atoms with E-state index >= 15 is 0 Å². The molecule has 7 aromatic carbocycles. The third-order valence-corrected chi connectivity index (χ3v) is 11.0. The van der Waals surface area contributed by atoms with Crippen LogP contribution < -0.4 is 9.30 Å². The van der Waals surface area contributed by atoms with E-state index < -0.39 is 60.4 Å². The minimum Gasteiger partial charge on any atom is -0.510 e. The SMILES string of the molecule is [2H]c1c([2H])c([2H])c(-c2cccc(-c3c([2H])c([2H])c([2H])c([2H])c3[2H])c2CCCC[n+]2[c-]n(-c3[c-]c(Oc4[c-]c5c(cc4)c4ccccc4n5-c4cc(C(C)(C)C)ccn4)ccc3)c3ccccc32)c([2H])c1[2H].[Pt]. The van der Waals surface area contributed by atoms with Crippen molar-refractivity contribution in [1.82, 2.24) is 14.1 Å². The number of nitrogens with zero attached hydrogens (tertiary/aromatic N) is 4. The van der Waals surface area contributed by atoms with E-state index in [0.717, 1.165) is 38.7 Å². The van der Waals surface area contributed by atoms with Gasteiger partial charge in [0.15, 0.2) is 0 Å². The van der Waals surface area contributed by atoms with Crippen molar-refractivity contribution in [3.05, 3.63) is 205 Å². The van der Waals surface area contributed by atoms with Gasteiger partial charge in [-0.25, -0.2) is 4.98 Å². The fourth-order valence-corrected chi connectivity index (χ4v) is 8.05. The maximum absolute atomic E-state index is 8.82. The molecule has 0 aliphatic carbocycles. The van der Waals surface area contributed by atoms with E-state index in [2.05, 4.69) is 74.1 Å². The first-order valence-corrected chi connectivity index (χ1v) is 20.4. The number of rotatable bonds is 11. The van der Waals surface area contributed by atoms with Gasteiger partial charge in [0.25, 0.3) is 0 Å². The van der Waals surface area contributed by atoms with Crippen LogP contribution in [0, 0.1) is 18.5 Å². The number of hydrogen-bond donors (Lipinski definition) is 0. The quantitative estimate of drug-likeness (QED) is 0.0735. The van der Waals surface area contributed by atoms with Crippen molar-refractivity contribution in [3.8, 4) is 45.3 Å². The van der Waals surface area contributed by atoms with Gasteiger partial charge in [-0.3, -0.25) is 0 Å². The van der Waals surface area contributed by atoms with E-state index in [-0.39, 0.29) is 37.6 Å². The molecule has 62 heavy (non-hydrogen) atoms. The van der Waals surface area contributed by atoms with E-state index in [0.29, 0.717) is 59.7 Å². The van der Waals surface area contributed by atoms with Crippen molar-refractivity contribution in [2.45, 2.75) is 52.0 Å². The summed E-state index contributed by atoms with van der Waals surface area (Å²) in [4.78, 5) is 4.80. The van der Waals surface area contributed by atoms with Crippen LogP contribution in [0.1, 0.15) is 58.4 Å². The number of aryl methyl sites for hydroxylation is 1. The Kier molecular flexibility index (Phi) is 8.57. The monoisotopic (exact) mass is 995 g/mol. The molecule has 0 aliphatic rings. The fourth-order valence-electron chi connectivity index (χ4n) is 8.05. The first-order chi connectivity index (χ1) is 34.0. The normalized spacial score (nSPS) is 13.9. The van der Waals surface area contributed by atoms with Crippen LogP contribution in [0.25, 0.3) is 66.6 Å². The van der Waals surface area contributed by atoms with Gasteiger partial charge in [0.2, 0.25) is 6.33 Å². The predicted molar refractivity (Wildman–Crippen MR) is 248 cm³/mol. The van der Waals surface area contributed by atoms with E-state index in [1.165, 1.54) is 5.56 Å². The van der Waals surface area contributed by atoms with Crippen LogP contribution >= 0.6 is 0 Å². The van der Waals surface area contributed by atoms with Crippen LogP contribution in [-0.2, 0) is 39.4 Å². The second-order valence-electron chi connectivity index (χ2n) is 16.0. The summed E-state index contributed by atoms with van der Waals surface area (Å²) < 4.78 is 98.0. The number of aromatic nitrogens is 4. The Hall–Kier alpha value is -6.55. The summed E-state index contributed by atoms with van der Waals surface area (Å²) in [5.41, 5.74) is 6.61. The summed E-state index contributed by atoms with van der Waals surface area (Å²) in [6, 6.07) is 37.4. The molecule has 0 aliphatic heterocycles. The number of para-hydroxylation sites is 3. The molecule has 3 aromatic heterocycles. The largest absolute Gasteiger partial charge is 0.510 e. The van der Waals surface area contributed by atoms with Gasteiger partial charge in [0, 0.05) is 44.3 Å². The van der Waals surface area contributed by atoms with Crippen molar-refractivity contribution in [1.29, 1.82) is 0 Å². The Bertz CT molecular complexity index is 3620. The molecule has 0 saturated carbocycles. The van der Waals surface area contributed by atoms with Crippen LogP contribution in [0.5, 0.6) is 11.5 Å². The average Bonchev–Trinajstić information content (AvgIpc) is 3.91. The Balaban J connectivity index is 0.00000640. The zero-order valence-electron chi connectivity index (χ0n) is 44.3. The van der Waals surface area contributed by atoms with Crippen molar-refractivity contribution in [2.75, 3.05) is 0 Å². The number of ether oxygens (including phenoxy) is 1. The number of benzene rings is 7. The molecule has 0 saturated heterocycles. The Morgan fingerprint density at radius 1 is 0.677 bits per heavy atom. The topological polar surface area (TPSA) is 35.9 Å². The molecule has 0 spiro atoms. The smallest absolute Gasteiger partial charge is 0.242 e. The molecule has 10 aromatic rings. The Labute approximate surface area is 392 Å². The van der Waals surface area contributed by atoms with Crippen molar-refractivity contribution in [3.63, 3.8) is 0 Å². The molecule has 0 unspecified atom stereocenters. The van der Waals surface area contributed by atoms with Gasteiger partial charge in [0.1, 0.15) is 5.82 Å². The average molecular weight is 996 g/mol. The Morgan fingerprint density at radius 2 is 1.35 bits per heavy atom. The van der Waals surface area contributed by atoms with Crippen LogP contribution in [0.2, 0.25) is 0 Å². The summed E-state index contributed by atoms with van der Waals surface area (Å²) in [6.07, 6.45) is 6.80. The number of pyridine rings is 1. The van der Waals surface area contributed by atoms with E-state index in [4.69, 9.17) is 23.4 Å². The number of fused-ring (bicyclic) bond motifs is 4. The summed E-state index contributed by atoms with van der Waals surface area (Å²) >= 11 is 0. The number of imidazole rings is 1. The third-order valence-electron chi connectivity index (χ3n) is 11.0. The van der Waals surface area contributed by atoms with Crippen LogP contribution in [-0.4, -0.2) is 14.1 Å². The van der Waals surface area contributed by atoms with Crippen molar-refractivity contribution >= 4 is 32.8 Å². The van der Waals surface area contributed by atoms with Crippen molar-refractivity contribution < 1.29 is 44.1 Å². The van der Waals surface area contributed by atoms with Crippen LogP contribution in [0.3, 0.4) is 0 Å². The van der Waals surface area contributed by atoms with Crippen LogP contribution in [0.4, 0.5) is 0 Å². The minimum absolute atomic E-state index is 0. The maximum atomic E-state index is 8.82. The number of hydrogen-bond acceptors (Lipinski definition) is 2. The molecule has 308 valence electrons. The van der Waals surface area contributed by atoms with Gasteiger partial charge >= 0.3 is 0 Å². The molecule has 0 radical (unpaired) electrons. The molecule has 0 N–H and O–H groups in total. The second kappa shape index (κ2) is 17.4. The van der Waals surface area contributed by atoms with E-state index in [1.54, 1.807) is 18.2 Å². The summed E-state index contributed by atoms with van der Waals surface area (Å²) in [6.45, 7) is 7.08. The zero-order chi connectivity index (χ0) is 50.0. The first kappa shape index (κ1) is 30.5. The van der Waals surface area contributed by atoms with Crippen LogP contribution in [0.15, 0.2) is 176 Å². The molecule has 3 heterocycles. The molecule has 0 bridgehead atoms. The van der Waals surface area contributed by atoms with Crippen molar-refractivity contribution in [2.24, 2.45) is 0 Å². The second-order valence-corrected chi connectivity index (χ2v) is 16.0. The fraction of sp³-hybridized carbons (Fsp3) is 0.143. The van der Waals surface area contributed by atoms with E-state index in [9.17, 15) is 0 Å².